The zero-order chi connectivity index (χ0) is 14.7. The van der Waals surface area contributed by atoms with Gasteiger partial charge in [0.1, 0.15) is 11.5 Å². The molecule has 3 N–H and O–H groups in total. The van der Waals surface area contributed by atoms with Crippen molar-refractivity contribution < 1.29 is 2.85 Å². The van der Waals surface area contributed by atoms with Gasteiger partial charge in [0.25, 0.3) is 0 Å². The highest BCUT2D eigenvalue weighted by Crippen LogP contribution is 2.27. The number of nitrogens with zero attached hydrogens (tertiary/aromatic N) is 3. The lowest BCUT2D eigenvalue weighted by atomic mass is 10.1. The molecular weight excluding hydrogens is 264 g/mol. The standard InChI is InChI=1S/C15H16N6.2H2/c1-3-6-17-13-5-4-10(7-18-13)11-8-19-14-12(11)9-20-15(16-2)21-14;;/h3-9H,1-2H3,(H,17,18)(H2,16,19,20,21);2*1H/b6-3+;;. The number of allylic oxidation sites excluding steroid dienone is 1. The molecule has 0 unspecified atom stereocenters. The van der Waals surface area contributed by atoms with Gasteiger partial charge in [-0.05, 0) is 25.3 Å². The molecule has 0 saturated carbocycles. The van der Waals surface area contributed by atoms with Crippen molar-refractivity contribution in [2.75, 3.05) is 17.7 Å². The molecule has 0 bridgehead atoms. The van der Waals surface area contributed by atoms with Crippen LogP contribution in [0.1, 0.15) is 9.78 Å². The molecule has 0 atom stereocenters. The van der Waals surface area contributed by atoms with Gasteiger partial charge in [0.2, 0.25) is 5.95 Å². The number of aromatic nitrogens is 4. The van der Waals surface area contributed by atoms with Gasteiger partial charge < -0.3 is 15.6 Å². The first-order valence-electron chi connectivity index (χ1n) is 6.68. The van der Waals surface area contributed by atoms with Crippen LogP contribution in [0.2, 0.25) is 0 Å². The lowest BCUT2D eigenvalue weighted by Crippen LogP contribution is -1.95. The largest absolute Gasteiger partial charge is 0.357 e. The Morgan fingerprint density at radius 3 is 2.86 bits per heavy atom. The van der Waals surface area contributed by atoms with E-state index in [1.807, 2.05) is 49.9 Å². The first kappa shape index (κ1) is 13.1. The second kappa shape index (κ2) is 5.62. The molecule has 0 aliphatic rings. The van der Waals surface area contributed by atoms with Gasteiger partial charge >= 0.3 is 0 Å². The minimum absolute atomic E-state index is 0. The van der Waals surface area contributed by atoms with Crippen molar-refractivity contribution in [3.8, 4) is 11.1 Å². The Morgan fingerprint density at radius 2 is 2.14 bits per heavy atom. The average molecular weight is 284 g/mol. The van der Waals surface area contributed by atoms with Crippen LogP contribution in [0.5, 0.6) is 0 Å². The number of nitrogens with one attached hydrogen (secondary N) is 3. The van der Waals surface area contributed by atoms with Crippen molar-refractivity contribution in [1.82, 2.24) is 19.9 Å². The number of fused-ring (bicyclic) bond motifs is 1. The fraction of sp³-hybridized carbons (Fsp3) is 0.133. The molecule has 3 rings (SSSR count). The lowest BCUT2D eigenvalue weighted by molar-refractivity contribution is 1.18. The van der Waals surface area contributed by atoms with E-state index in [2.05, 4.69) is 30.6 Å². The van der Waals surface area contributed by atoms with Crippen LogP contribution in [-0.4, -0.2) is 27.0 Å². The van der Waals surface area contributed by atoms with Gasteiger partial charge in [0.05, 0.1) is 0 Å². The molecule has 6 nitrogen and oxygen atoms in total. The Kier molecular flexibility index (Phi) is 3.51. The smallest absolute Gasteiger partial charge is 0.224 e. The Bertz CT molecular complexity index is 782. The molecule has 0 radical (unpaired) electrons. The molecule has 21 heavy (non-hydrogen) atoms. The lowest BCUT2D eigenvalue weighted by Gasteiger charge is -2.02. The van der Waals surface area contributed by atoms with E-state index < -0.39 is 0 Å². The van der Waals surface area contributed by atoms with E-state index >= 15 is 0 Å². The molecular formula is C15H20N6. The number of H-pyrrole nitrogens is 1. The van der Waals surface area contributed by atoms with Crippen LogP contribution in [0.15, 0.2) is 43.0 Å². The van der Waals surface area contributed by atoms with Crippen molar-refractivity contribution in [1.29, 1.82) is 0 Å². The number of hydrogen-bond acceptors (Lipinski definition) is 5. The summed E-state index contributed by atoms with van der Waals surface area (Å²) in [4.78, 5) is 16.2. The molecule has 0 aliphatic carbocycles. The summed E-state index contributed by atoms with van der Waals surface area (Å²) in [7, 11) is 1.80. The fourth-order valence-corrected chi connectivity index (χ4v) is 2.07. The number of pyridine rings is 1. The van der Waals surface area contributed by atoms with E-state index in [4.69, 9.17) is 0 Å². The molecule has 0 aliphatic heterocycles. The normalized spacial score (nSPS) is 11.1. The van der Waals surface area contributed by atoms with Crippen molar-refractivity contribution >= 4 is 22.8 Å². The number of aromatic amines is 1. The Balaban J connectivity index is 0.00000132. The third-order valence-corrected chi connectivity index (χ3v) is 3.13. The molecule has 3 heterocycles. The highest BCUT2D eigenvalue weighted by molar-refractivity contribution is 5.93. The second-order valence-electron chi connectivity index (χ2n) is 4.48. The zero-order valence-corrected chi connectivity index (χ0v) is 11.9. The second-order valence-corrected chi connectivity index (χ2v) is 4.48. The van der Waals surface area contributed by atoms with Crippen LogP contribution in [-0.2, 0) is 0 Å². The molecule has 0 aromatic carbocycles. The van der Waals surface area contributed by atoms with Gasteiger partial charge in [0.15, 0.2) is 0 Å². The molecule has 110 valence electrons. The molecule has 0 saturated heterocycles. The van der Waals surface area contributed by atoms with E-state index in [-0.39, 0.29) is 2.85 Å². The van der Waals surface area contributed by atoms with E-state index in [0.29, 0.717) is 5.95 Å². The molecule has 3 aromatic heterocycles. The number of rotatable bonds is 4. The van der Waals surface area contributed by atoms with Crippen LogP contribution in [0.25, 0.3) is 22.2 Å². The molecule has 3 aromatic rings. The summed E-state index contributed by atoms with van der Waals surface area (Å²) in [5.41, 5.74) is 2.87. The van der Waals surface area contributed by atoms with E-state index in [0.717, 1.165) is 28.0 Å². The maximum atomic E-state index is 4.38. The van der Waals surface area contributed by atoms with Crippen LogP contribution in [0, 0.1) is 0 Å². The predicted molar refractivity (Wildman–Crippen MR) is 89.3 cm³/mol. The summed E-state index contributed by atoms with van der Waals surface area (Å²) in [5, 5.41) is 6.99. The third-order valence-electron chi connectivity index (χ3n) is 3.13. The van der Waals surface area contributed by atoms with Crippen LogP contribution < -0.4 is 10.6 Å². The summed E-state index contributed by atoms with van der Waals surface area (Å²) in [6.45, 7) is 1.95. The van der Waals surface area contributed by atoms with Crippen molar-refractivity contribution in [3.63, 3.8) is 0 Å². The summed E-state index contributed by atoms with van der Waals surface area (Å²) in [6, 6.07) is 3.96. The van der Waals surface area contributed by atoms with E-state index in [1.54, 1.807) is 7.05 Å². The third kappa shape index (κ3) is 2.55. The van der Waals surface area contributed by atoms with E-state index in [1.165, 1.54) is 0 Å². The summed E-state index contributed by atoms with van der Waals surface area (Å²) in [6.07, 6.45) is 9.34. The van der Waals surface area contributed by atoms with Gasteiger partial charge in [0, 0.05) is 45.0 Å². The van der Waals surface area contributed by atoms with Crippen LogP contribution >= 0.6 is 0 Å². The van der Waals surface area contributed by atoms with Gasteiger partial charge in [-0.2, -0.15) is 4.98 Å². The highest BCUT2D eigenvalue weighted by Gasteiger charge is 2.08. The summed E-state index contributed by atoms with van der Waals surface area (Å²) < 4.78 is 0. The van der Waals surface area contributed by atoms with Gasteiger partial charge in [-0.1, -0.05) is 6.08 Å². The first-order valence-corrected chi connectivity index (χ1v) is 6.68. The average Bonchev–Trinajstić information content (AvgIpc) is 2.96. The Labute approximate surface area is 125 Å². The van der Waals surface area contributed by atoms with Crippen molar-refractivity contribution in [2.45, 2.75) is 6.92 Å². The summed E-state index contributed by atoms with van der Waals surface area (Å²) in [5.74, 6) is 1.41. The fourth-order valence-electron chi connectivity index (χ4n) is 2.07. The summed E-state index contributed by atoms with van der Waals surface area (Å²) >= 11 is 0. The van der Waals surface area contributed by atoms with Crippen molar-refractivity contribution in [2.24, 2.45) is 0 Å². The first-order chi connectivity index (χ1) is 10.3. The Morgan fingerprint density at radius 1 is 1.24 bits per heavy atom. The maximum absolute atomic E-state index is 4.38. The molecule has 0 amide bonds. The van der Waals surface area contributed by atoms with Crippen LogP contribution in [0.4, 0.5) is 11.8 Å². The minimum atomic E-state index is 0. The predicted octanol–water partition coefficient (Wildman–Crippen LogP) is 3.50. The molecule has 6 heteroatoms. The molecule has 0 spiro atoms. The number of anilines is 2. The quantitative estimate of drug-likeness (QED) is 0.683. The van der Waals surface area contributed by atoms with Gasteiger partial charge in [-0.25, -0.2) is 9.97 Å². The van der Waals surface area contributed by atoms with Gasteiger partial charge in [-0.3, -0.25) is 0 Å². The highest BCUT2D eigenvalue weighted by atomic mass is 15.1. The Hall–Kier alpha value is -2.89. The maximum Gasteiger partial charge on any atom is 0.224 e. The number of hydrogen-bond donors (Lipinski definition) is 3. The molecule has 0 fully saturated rings. The monoisotopic (exact) mass is 284 g/mol. The minimum Gasteiger partial charge on any atom is -0.357 e. The topological polar surface area (TPSA) is 78.5 Å². The van der Waals surface area contributed by atoms with Crippen LogP contribution in [0.3, 0.4) is 0 Å². The van der Waals surface area contributed by atoms with E-state index in [9.17, 15) is 0 Å². The SMILES string of the molecule is C/C=C/Nc1ccc(-c2c[nH]c3nc(NC)ncc23)cn1.[HH].[HH]. The van der Waals surface area contributed by atoms with Gasteiger partial charge in [-0.15, -0.1) is 0 Å². The zero-order valence-electron chi connectivity index (χ0n) is 11.9. The van der Waals surface area contributed by atoms with Crippen molar-refractivity contribution in [3.05, 3.63) is 43.0 Å².